The van der Waals surface area contributed by atoms with Gasteiger partial charge in [-0.05, 0) is 42.5 Å². The zero-order valence-electron chi connectivity index (χ0n) is 11.1. The van der Waals surface area contributed by atoms with Crippen LogP contribution in [-0.2, 0) is 0 Å². The fraction of sp³-hybridized carbons (Fsp3) is 0.235. The van der Waals surface area contributed by atoms with Crippen molar-refractivity contribution in [1.29, 1.82) is 0 Å². The minimum Gasteiger partial charge on any atom is -0.294 e. The smallest absolute Gasteiger partial charge is 0.168 e. The molecule has 0 spiro atoms. The van der Waals surface area contributed by atoms with Gasteiger partial charge in [-0.3, -0.25) is 4.79 Å². The Hall–Kier alpha value is -1.67. The van der Waals surface area contributed by atoms with Crippen LogP contribution >= 0.6 is 11.6 Å². The van der Waals surface area contributed by atoms with Crippen LogP contribution in [0.5, 0.6) is 0 Å². The van der Waals surface area contributed by atoms with Crippen molar-refractivity contribution in [3.05, 3.63) is 70.0 Å². The van der Waals surface area contributed by atoms with Gasteiger partial charge in [0.05, 0.1) is 5.02 Å². The molecule has 1 saturated carbocycles. The van der Waals surface area contributed by atoms with E-state index in [1.165, 1.54) is 11.6 Å². The summed E-state index contributed by atoms with van der Waals surface area (Å²) in [6.45, 7) is 1.64. The van der Waals surface area contributed by atoms with Crippen LogP contribution in [-0.4, -0.2) is 5.78 Å². The van der Waals surface area contributed by atoms with E-state index >= 15 is 0 Å². The van der Waals surface area contributed by atoms with Gasteiger partial charge >= 0.3 is 0 Å². The number of ketones is 1. The van der Waals surface area contributed by atoms with Gasteiger partial charge in [-0.2, -0.15) is 0 Å². The summed E-state index contributed by atoms with van der Waals surface area (Å²) >= 11 is 6.00. The second-order valence-corrected chi connectivity index (χ2v) is 5.71. The maximum absolute atomic E-state index is 13.4. The maximum Gasteiger partial charge on any atom is 0.168 e. The molecule has 1 aliphatic carbocycles. The molecule has 2 unspecified atom stereocenters. The van der Waals surface area contributed by atoms with E-state index < -0.39 is 0 Å². The molecule has 0 amide bonds. The first kappa shape index (κ1) is 13.3. The minimum atomic E-state index is -0.373. The van der Waals surface area contributed by atoms with Crippen molar-refractivity contribution in [3.63, 3.8) is 0 Å². The van der Waals surface area contributed by atoms with Crippen LogP contribution in [0.3, 0.4) is 0 Å². The Bertz CT molecular complexity index is 666. The molecule has 1 nitrogen and oxygen atoms in total. The zero-order valence-corrected chi connectivity index (χ0v) is 11.8. The van der Waals surface area contributed by atoms with Crippen LogP contribution in [0, 0.1) is 18.7 Å². The summed E-state index contributed by atoms with van der Waals surface area (Å²) < 4.78 is 13.4. The van der Waals surface area contributed by atoms with Gasteiger partial charge in [-0.1, -0.05) is 41.9 Å². The van der Waals surface area contributed by atoms with Crippen LogP contribution in [0.4, 0.5) is 4.39 Å². The molecule has 0 saturated heterocycles. The molecule has 0 N–H and O–H groups in total. The SMILES string of the molecule is Cc1cc(C(=O)C2CC2c2ccccc2)c(Cl)cc1F. The molecule has 0 radical (unpaired) electrons. The van der Waals surface area contributed by atoms with E-state index in [-0.39, 0.29) is 28.5 Å². The number of aryl methyl sites for hydroxylation is 1. The van der Waals surface area contributed by atoms with Crippen molar-refractivity contribution in [3.8, 4) is 0 Å². The van der Waals surface area contributed by atoms with Gasteiger partial charge in [0.15, 0.2) is 5.78 Å². The predicted octanol–water partition coefficient (Wildman–Crippen LogP) is 4.77. The second-order valence-electron chi connectivity index (χ2n) is 5.30. The largest absolute Gasteiger partial charge is 0.294 e. The van der Waals surface area contributed by atoms with E-state index in [0.29, 0.717) is 11.1 Å². The number of Topliss-reactive ketones (excluding diaryl/α,β-unsaturated/α-hetero) is 1. The van der Waals surface area contributed by atoms with Gasteiger partial charge in [0, 0.05) is 11.5 Å². The van der Waals surface area contributed by atoms with Crippen LogP contribution in [0.15, 0.2) is 42.5 Å². The first-order valence-electron chi connectivity index (χ1n) is 6.62. The van der Waals surface area contributed by atoms with Crippen molar-refractivity contribution in [1.82, 2.24) is 0 Å². The van der Waals surface area contributed by atoms with Crippen LogP contribution in [0.25, 0.3) is 0 Å². The highest BCUT2D eigenvalue weighted by Crippen LogP contribution is 2.49. The highest BCUT2D eigenvalue weighted by Gasteiger charge is 2.44. The molecule has 0 heterocycles. The number of hydrogen-bond donors (Lipinski definition) is 0. The summed E-state index contributed by atoms with van der Waals surface area (Å²) in [5.41, 5.74) is 2.07. The van der Waals surface area contributed by atoms with Crippen molar-refractivity contribution in [2.24, 2.45) is 5.92 Å². The van der Waals surface area contributed by atoms with Crippen molar-refractivity contribution in [2.45, 2.75) is 19.3 Å². The molecule has 0 aromatic heterocycles. The maximum atomic E-state index is 13.4. The summed E-state index contributed by atoms with van der Waals surface area (Å²) in [6, 6.07) is 12.8. The van der Waals surface area contributed by atoms with Crippen LogP contribution < -0.4 is 0 Å². The van der Waals surface area contributed by atoms with E-state index in [1.807, 2.05) is 30.3 Å². The lowest BCUT2D eigenvalue weighted by Gasteiger charge is -2.06. The molecule has 2 aromatic carbocycles. The zero-order chi connectivity index (χ0) is 14.3. The quantitative estimate of drug-likeness (QED) is 0.743. The molecule has 0 aliphatic heterocycles. The summed E-state index contributed by atoms with van der Waals surface area (Å²) in [4.78, 5) is 12.5. The molecule has 0 bridgehead atoms. The fourth-order valence-electron chi connectivity index (χ4n) is 2.60. The highest BCUT2D eigenvalue weighted by atomic mass is 35.5. The molecule has 3 heteroatoms. The van der Waals surface area contributed by atoms with Gasteiger partial charge < -0.3 is 0 Å². The van der Waals surface area contributed by atoms with Gasteiger partial charge in [0.2, 0.25) is 0 Å². The molecule has 20 heavy (non-hydrogen) atoms. The van der Waals surface area contributed by atoms with Gasteiger partial charge in [0.1, 0.15) is 5.82 Å². The lowest BCUT2D eigenvalue weighted by atomic mass is 10.0. The summed E-state index contributed by atoms with van der Waals surface area (Å²) in [5.74, 6) is -0.112. The Balaban J connectivity index is 1.84. The summed E-state index contributed by atoms with van der Waals surface area (Å²) in [5, 5.41) is 0.205. The lowest BCUT2D eigenvalue weighted by molar-refractivity contribution is 0.0965. The Kier molecular flexibility index (Phi) is 3.35. The van der Waals surface area contributed by atoms with E-state index in [2.05, 4.69) is 0 Å². The highest BCUT2D eigenvalue weighted by molar-refractivity contribution is 6.34. The third-order valence-corrected chi connectivity index (χ3v) is 4.18. The number of rotatable bonds is 3. The fourth-order valence-corrected chi connectivity index (χ4v) is 2.84. The van der Waals surface area contributed by atoms with E-state index in [9.17, 15) is 9.18 Å². The normalized spacial score (nSPS) is 20.8. The Morgan fingerprint density at radius 2 is 1.95 bits per heavy atom. The molecule has 102 valence electrons. The monoisotopic (exact) mass is 288 g/mol. The predicted molar refractivity (Wildman–Crippen MR) is 77.8 cm³/mol. The standard InChI is InChI=1S/C17H14ClFO/c1-10-7-14(15(18)9-16(10)19)17(20)13-8-12(13)11-5-3-2-4-6-11/h2-7,9,12-13H,8H2,1H3. The molecule has 1 fully saturated rings. The van der Waals surface area contributed by atoms with E-state index in [1.54, 1.807) is 13.0 Å². The van der Waals surface area contributed by atoms with Crippen molar-refractivity contribution in [2.75, 3.05) is 0 Å². The molecular formula is C17H14ClFO. The third-order valence-electron chi connectivity index (χ3n) is 3.87. The number of carbonyl (C=O) groups excluding carboxylic acids is 1. The Morgan fingerprint density at radius 3 is 2.65 bits per heavy atom. The second kappa shape index (κ2) is 5.02. The first-order chi connectivity index (χ1) is 9.58. The third kappa shape index (κ3) is 2.36. The Labute approximate surface area is 122 Å². The Morgan fingerprint density at radius 1 is 1.25 bits per heavy atom. The van der Waals surface area contributed by atoms with Gasteiger partial charge in [-0.25, -0.2) is 4.39 Å². The molecule has 1 aliphatic rings. The van der Waals surface area contributed by atoms with E-state index in [0.717, 1.165) is 6.42 Å². The van der Waals surface area contributed by atoms with Gasteiger partial charge in [-0.15, -0.1) is 0 Å². The lowest BCUT2D eigenvalue weighted by Crippen LogP contribution is -2.05. The van der Waals surface area contributed by atoms with Gasteiger partial charge in [0.25, 0.3) is 0 Å². The van der Waals surface area contributed by atoms with Crippen molar-refractivity contribution >= 4 is 17.4 Å². The summed E-state index contributed by atoms with van der Waals surface area (Å²) in [6.07, 6.45) is 0.843. The summed E-state index contributed by atoms with van der Waals surface area (Å²) in [7, 11) is 0. The van der Waals surface area contributed by atoms with Crippen molar-refractivity contribution < 1.29 is 9.18 Å². The number of hydrogen-bond acceptors (Lipinski definition) is 1. The molecular weight excluding hydrogens is 275 g/mol. The molecule has 2 atom stereocenters. The molecule has 2 aromatic rings. The average molecular weight is 289 g/mol. The van der Waals surface area contributed by atoms with Crippen LogP contribution in [0.2, 0.25) is 5.02 Å². The average Bonchev–Trinajstić information content (AvgIpc) is 3.23. The minimum absolute atomic E-state index is 0.0203. The number of benzene rings is 2. The first-order valence-corrected chi connectivity index (χ1v) is 7.00. The number of carbonyl (C=O) groups is 1. The molecule has 3 rings (SSSR count). The topological polar surface area (TPSA) is 17.1 Å². The van der Waals surface area contributed by atoms with Crippen LogP contribution in [0.1, 0.15) is 33.8 Å². The number of halogens is 2. The van der Waals surface area contributed by atoms with E-state index in [4.69, 9.17) is 11.6 Å².